The molecule has 0 aliphatic heterocycles. The van der Waals surface area contributed by atoms with Gasteiger partial charge in [-0.2, -0.15) is 0 Å². The van der Waals surface area contributed by atoms with Crippen molar-refractivity contribution in [1.82, 2.24) is 21.0 Å². The van der Waals surface area contributed by atoms with E-state index in [1.54, 1.807) is 50.5 Å². The first-order valence-corrected chi connectivity index (χ1v) is 16.1. The average molecular weight is 658 g/mol. The van der Waals surface area contributed by atoms with Crippen LogP contribution in [-0.4, -0.2) is 77.9 Å². The normalized spacial score (nSPS) is 13.2. The monoisotopic (exact) mass is 657 g/mol. The number of benzene rings is 2. The Morgan fingerprint density at radius 3 is 2.09 bits per heavy atom. The average Bonchev–Trinajstić information content (AvgIpc) is 2.99. The van der Waals surface area contributed by atoms with Crippen LogP contribution in [0.3, 0.4) is 0 Å². The third-order valence-electron chi connectivity index (χ3n) is 6.81. The summed E-state index contributed by atoms with van der Waals surface area (Å²) < 4.78 is 5.27. The SMILES string of the molecule is CNC(=O)C(Cc1ccccc1)NC(=O)[C@H](CC(C)C)[C@H](CSc1ccc(NC(=O)CN(C)C(=O)OC(C)(C)C)cc1)C(=O)NO. The maximum absolute atomic E-state index is 13.7. The molecule has 2 rings (SSSR count). The highest BCUT2D eigenvalue weighted by Crippen LogP contribution is 2.29. The van der Waals surface area contributed by atoms with Crippen LogP contribution in [0.4, 0.5) is 10.5 Å². The van der Waals surface area contributed by atoms with E-state index in [9.17, 15) is 29.2 Å². The van der Waals surface area contributed by atoms with Gasteiger partial charge in [-0.05, 0) is 62.9 Å². The first-order chi connectivity index (χ1) is 21.6. The van der Waals surface area contributed by atoms with E-state index in [2.05, 4.69) is 16.0 Å². The van der Waals surface area contributed by atoms with Crippen molar-refractivity contribution < 1.29 is 33.9 Å². The van der Waals surface area contributed by atoms with Crippen molar-refractivity contribution in [2.24, 2.45) is 17.8 Å². The summed E-state index contributed by atoms with van der Waals surface area (Å²) in [5, 5.41) is 17.7. The Hall–Kier alpha value is -4.10. The van der Waals surface area contributed by atoms with Gasteiger partial charge in [0.15, 0.2) is 0 Å². The summed E-state index contributed by atoms with van der Waals surface area (Å²) in [4.78, 5) is 65.8. The van der Waals surface area contributed by atoms with Crippen molar-refractivity contribution in [3.8, 4) is 0 Å². The van der Waals surface area contributed by atoms with Crippen molar-refractivity contribution in [3.63, 3.8) is 0 Å². The number of nitrogens with one attached hydrogen (secondary N) is 4. The summed E-state index contributed by atoms with van der Waals surface area (Å²) in [5.74, 6) is -3.47. The van der Waals surface area contributed by atoms with Crippen LogP contribution < -0.4 is 21.4 Å². The summed E-state index contributed by atoms with van der Waals surface area (Å²) >= 11 is 1.31. The zero-order chi connectivity index (χ0) is 34.4. The van der Waals surface area contributed by atoms with Crippen LogP contribution in [0.15, 0.2) is 59.5 Å². The fourth-order valence-corrected chi connectivity index (χ4v) is 5.66. The van der Waals surface area contributed by atoms with Crippen molar-refractivity contribution in [1.29, 1.82) is 0 Å². The van der Waals surface area contributed by atoms with E-state index >= 15 is 0 Å². The van der Waals surface area contributed by atoms with Gasteiger partial charge in [-0.25, -0.2) is 10.3 Å². The second-order valence-corrected chi connectivity index (χ2v) is 13.5. The van der Waals surface area contributed by atoms with Gasteiger partial charge in [0, 0.05) is 36.9 Å². The van der Waals surface area contributed by atoms with Crippen LogP contribution in [0.5, 0.6) is 0 Å². The number of likely N-dealkylation sites (N-methyl/N-ethyl adjacent to an activating group) is 2. The third-order valence-corrected chi connectivity index (χ3v) is 7.94. The number of carbonyl (C=O) groups is 5. The molecule has 2 aromatic rings. The molecule has 1 unspecified atom stereocenters. The number of hydroxylamine groups is 1. The fraction of sp³-hybridized carbons (Fsp3) is 0.485. The van der Waals surface area contributed by atoms with Gasteiger partial charge in [-0.1, -0.05) is 44.2 Å². The van der Waals surface area contributed by atoms with Gasteiger partial charge in [0.2, 0.25) is 23.6 Å². The number of thioether (sulfide) groups is 1. The Labute approximate surface area is 275 Å². The molecule has 5 N–H and O–H groups in total. The lowest BCUT2D eigenvalue weighted by Gasteiger charge is -2.28. The molecule has 3 atom stereocenters. The molecule has 0 heterocycles. The van der Waals surface area contributed by atoms with Gasteiger partial charge in [-0.15, -0.1) is 11.8 Å². The smallest absolute Gasteiger partial charge is 0.410 e. The number of rotatable bonds is 15. The van der Waals surface area contributed by atoms with Crippen molar-refractivity contribution in [3.05, 3.63) is 60.2 Å². The molecular formula is C33H47N5O7S. The Balaban J connectivity index is 2.12. The fourth-order valence-electron chi connectivity index (χ4n) is 4.57. The zero-order valence-corrected chi connectivity index (χ0v) is 28.4. The largest absolute Gasteiger partial charge is 0.444 e. The lowest BCUT2D eigenvalue weighted by Crippen LogP contribution is -2.51. The van der Waals surface area contributed by atoms with Crippen molar-refractivity contribution >= 4 is 47.2 Å². The van der Waals surface area contributed by atoms with Gasteiger partial charge in [0.05, 0.1) is 11.8 Å². The highest BCUT2D eigenvalue weighted by molar-refractivity contribution is 7.99. The summed E-state index contributed by atoms with van der Waals surface area (Å²) in [6.07, 6.45) is 0.00601. The molecule has 5 amide bonds. The summed E-state index contributed by atoms with van der Waals surface area (Å²) in [6, 6.07) is 15.3. The third kappa shape index (κ3) is 13.1. The minimum absolute atomic E-state index is 0.0413. The zero-order valence-electron chi connectivity index (χ0n) is 27.6. The summed E-state index contributed by atoms with van der Waals surface area (Å²) in [6.45, 7) is 8.89. The van der Waals surface area contributed by atoms with Gasteiger partial charge in [0.1, 0.15) is 18.2 Å². The van der Waals surface area contributed by atoms with E-state index in [4.69, 9.17) is 4.74 Å². The molecule has 0 saturated heterocycles. The highest BCUT2D eigenvalue weighted by Gasteiger charge is 2.36. The minimum atomic E-state index is -0.915. The Bertz CT molecular complexity index is 1320. The Morgan fingerprint density at radius 1 is 0.913 bits per heavy atom. The molecule has 252 valence electrons. The Morgan fingerprint density at radius 2 is 1.54 bits per heavy atom. The quantitative estimate of drug-likeness (QED) is 0.109. The van der Waals surface area contributed by atoms with E-state index in [1.807, 2.05) is 44.2 Å². The number of ether oxygens (including phenoxy) is 1. The maximum atomic E-state index is 13.7. The topological polar surface area (TPSA) is 166 Å². The number of hydrogen-bond acceptors (Lipinski definition) is 8. The van der Waals surface area contributed by atoms with Crippen LogP contribution in [0.25, 0.3) is 0 Å². The van der Waals surface area contributed by atoms with E-state index in [0.29, 0.717) is 12.1 Å². The van der Waals surface area contributed by atoms with E-state index in [-0.39, 0.29) is 30.5 Å². The number of anilines is 1. The molecule has 0 aliphatic carbocycles. The standard InChI is InChI=1S/C33H47N5O7S/c1-21(2)17-25(29(40)36-27(31(42)34-6)18-22-11-9-8-10-12-22)26(30(41)37-44)20-46-24-15-13-23(14-16-24)35-28(39)19-38(7)32(43)45-33(3,4)5/h8-16,21,25-27,44H,17-20H2,1-7H3,(H,34,42)(H,35,39)(H,36,40)(H,37,41)/t25-,26+,27?/m1/s1. The van der Waals surface area contributed by atoms with Crippen molar-refractivity contribution in [2.75, 3.05) is 31.7 Å². The number of nitrogens with zero attached hydrogens (tertiary/aromatic N) is 1. The molecule has 0 spiro atoms. The first kappa shape index (κ1) is 38.1. The number of amides is 5. The minimum Gasteiger partial charge on any atom is -0.444 e. The van der Waals surface area contributed by atoms with Crippen molar-refractivity contribution in [2.45, 2.75) is 64.0 Å². The highest BCUT2D eigenvalue weighted by atomic mass is 32.2. The molecule has 0 bridgehead atoms. The van der Waals surface area contributed by atoms with Crippen LogP contribution >= 0.6 is 11.8 Å². The van der Waals surface area contributed by atoms with Crippen LogP contribution in [0.2, 0.25) is 0 Å². The van der Waals surface area contributed by atoms with Gasteiger partial charge < -0.3 is 25.6 Å². The van der Waals surface area contributed by atoms with Crippen LogP contribution in [-0.2, 0) is 30.3 Å². The second kappa shape index (κ2) is 18.1. The molecule has 0 fully saturated rings. The molecule has 12 nitrogen and oxygen atoms in total. The molecule has 0 saturated carbocycles. The van der Waals surface area contributed by atoms with Gasteiger partial charge in [-0.3, -0.25) is 24.4 Å². The summed E-state index contributed by atoms with van der Waals surface area (Å²) in [5.41, 5.74) is 2.40. The Kier molecular flexibility index (Phi) is 15.0. The van der Waals surface area contributed by atoms with Gasteiger partial charge >= 0.3 is 6.09 Å². The van der Waals surface area contributed by atoms with E-state index < -0.39 is 47.3 Å². The second-order valence-electron chi connectivity index (χ2n) is 12.4. The molecule has 0 aromatic heterocycles. The molecule has 2 aromatic carbocycles. The first-order valence-electron chi connectivity index (χ1n) is 15.1. The van der Waals surface area contributed by atoms with Crippen LogP contribution in [0.1, 0.15) is 46.6 Å². The predicted molar refractivity (Wildman–Crippen MR) is 177 cm³/mol. The molecule has 13 heteroatoms. The van der Waals surface area contributed by atoms with E-state index in [1.165, 1.54) is 30.8 Å². The maximum Gasteiger partial charge on any atom is 0.410 e. The number of carbonyl (C=O) groups excluding carboxylic acids is 5. The molecule has 46 heavy (non-hydrogen) atoms. The summed E-state index contributed by atoms with van der Waals surface area (Å²) in [7, 11) is 2.97. The molecule has 0 aliphatic rings. The molecule has 0 radical (unpaired) electrons. The lowest BCUT2D eigenvalue weighted by atomic mass is 9.84. The van der Waals surface area contributed by atoms with E-state index in [0.717, 1.165) is 10.5 Å². The molecular weight excluding hydrogens is 610 g/mol. The van der Waals surface area contributed by atoms with Gasteiger partial charge in [0.25, 0.3) is 0 Å². The lowest BCUT2D eigenvalue weighted by molar-refractivity contribution is -0.140. The van der Waals surface area contributed by atoms with Crippen LogP contribution in [0, 0.1) is 17.8 Å². The number of hydrogen-bond donors (Lipinski definition) is 5. The predicted octanol–water partition coefficient (Wildman–Crippen LogP) is 3.84.